The number of fused-ring (bicyclic) bond motifs is 1. The molecule has 15 heteroatoms. The molecular weight excluding hydrogens is 374 g/mol. The number of ether oxygens (including phenoxy) is 1. The number of aliphatic hydroxyl groups excluding tert-OH is 2. The first-order valence-electron chi connectivity index (χ1n) is 7.07. The minimum atomic E-state index is -4.28. The van der Waals surface area contributed by atoms with Crippen molar-refractivity contribution >= 4 is 33.1 Å². The molecule has 1 amide bonds. The molecule has 0 unspecified atom stereocenters. The molecule has 1 saturated heterocycles. The standard InChI is InChI=1S/C11H15N7O7S/c12-8-4-5(9(13)21)17-18(10(4)16-2-15-8)11-7(20)6(19)3(25-11)1-24-26(14,22)23/h2-3,6-7,11,19-20H,1H2,(H2,13,21)(H2,12,15,16)(H2,14,22,23)/t3-,6+,7-,11-/m1/s1. The number of hydrogen-bond acceptors (Lipinski definition) is 11. The minimum Gasteiger partial charge on any atom is -0.387 e. The molecule has 2 aromatic rings. The maximum atomic E-state index is 11.6. The molecule has 3 rings (SSSR count). The van der Waals surface area contributed by atoms with Gasteiger partial charge >= 0.3 is 10.3 Å². The van der Waals surface area contributed by atoms with Gasteiger partial charge in [-0.05, 0) is 0 Å². The van der Waals surface area contributed by atoms with Crippen LogP contribution in [0.1, 0.15) is 16.7 Å². The Morgan fingerprint density at radius 1 is 1.35 bits per heavy atom. The van der Waals surface area contributed by atoms with E-state index in [9.17, 15) is 23.4 Å². The normalized spacial score (nSPS) is 26.4. The monoisotopic (exact) mass is 389 g/mol. The smallest absolute Gasteiger partial charge is 0.333 e. The van der Waals surface area contributed by atoms with Crippen molar-refractivity contribution in [2.24, 2.45) is 10.9 Å². The van der Waals surface area contributed by atoms with E-state index in [1.54, 1.807) is 0 Å². The van der Waals surface area contributed by atoms with Crippen LogP contribution in [-0.2, 0) is 19.2 Å². The fraction of sp³-hybridized carbons (Fsp3) is 0.455. The van der Waals surface area contributed by atoms with Gasteiger partial charge in [0.1, 0.15) is 30.5 Å². The molecule has 8 N–H and O–H groups in total. The molecule has 0 aliphatic carbocycles. The van der Waals surface area contributed by atoms with Crippen molar-refractivity contribution in [3.63, 3.8) is 0 Å². The molecule has 0 spiro atoms. The number of rotatable bonds is 5. The highest BCUT2D eigenvalue weighted by Gasteiger charge is 2.45. The summed E-state index contributed by atoms with van der Waals surface area (Å²) in [4.78, 5) is 19.3. The quantitative estimate of drug-likeness (QED) is 0.334. The third-order valence-corrected chi connectivity index (χ3v) is 4.19. The Morgan fingerprint density at radius 3 is 2.65 bits per heavy atom. The molecule has 0 aromatic carbocycles. The topological polar surface area (TPSA) is 232 Å². The van der Waals surface area contributed by atoms with E-state index in [4.69, 9.17) is 21.3 Å². The van der Waals surface area contributed by atoms with Gasteiger partial charge in [-0.3, -0.25) is 8.98 Å². The Hall–Kier alpha value is -2.43. The number of nitrogens with two attached hydrogens (primary N) is 3. The van der Waals surface area contributed by atoms with Crippen molar-refractivity contribution < 1.29 is 32.3 Å². The first-order chi connectivity index (χ1) is 12.1. The molecule has 0 bridgehead atoms. The Morgan fingerprint density at radius 2 is 2.04 bits per heavy atom. The minimum absolute atomic E-state index is 0.0237. The number of amides is 1. The molecule has 26 heavy (non-hydrogen) atoms. The van der Waals surface area contributed by atoms with Crippen molar-refractivity contribution in [2.45, 2.75) is 24.5 Å². The summed E-state index contributed by atoms with van der Waals surface area (Å²) in [5, 5.41) is 29.0. The molecule has 142 valence electrons. The lowest BCUT2D eigenvalue weighted by atomic mass is 10.1. The molecule has 14 nitrogen and oxygen atoms in total. The van der Waals surface area contributed by atoms with Gasteiger partial charge in [0.15, 0.2) is 17.6 Å². The number of primary amides is 1. The van der Waals surface area contributed by atoms with E-state index in [1.807, 2.05) is 0 Å². The van der Waals surface area contributed by atoms with Crippen molar-refractivity contribution in [3.05, 3.63) is 12.0 Å². The summed E-state index contributed by atoms with van der Waals surface area (Å²) in [6, 6.07) is 0. The SMILES string of the molecule is NC(=O)c1nn([C@@H]2O[C@H](COS(N)(=O)=O)[C@H](O)[C@H]2O)c2ncnc(N)c12. The van der Waals surface area contributed by atoms with Gasteiger partial charge in [-0.1, -0.05) is 0 Å². The van der Waals surface area contributed by atoms with Gasteiger partial charge in [0.05, 0.1) is 12.0 Å². The molecule has 1 fully saturated rings. The first kappa shape index (κ1) is 18.4. The van der Waals surface area contributed by atoms with Crippen molar-refractivity contribution in [1.29, 1.82) is 0 Å². The number of hydrogen-bond donors (Lipinski definition) is 5. The van der Waals surface area contributed by atoms with Crippen LogP contribution in [0.2, 0.25) is 0 Å². The average Bonchev–Trinajstić information content (AvgIpc) is 3.06. The van der Waals surface area contributed by atoms with E-state index in [0.29, 0.717) is 0 Å². The molecule has 3 heterocycles. The van der Waals surface area contributed by atoms with Crippen molar-refractivity contribution in [1.82, 2.24) is 19.7 Å². The van der Waals surface area contributed by atoms with E-state index in [-0.39, 0.29) is 22.5 Å². The number of nitrogen functional groups attached to an aromatic ring is 1. The molecule has 1 aliphatic heterocycles. The van der Waals surface area contributed by atoms with E-state index in [2.05, 4.69) is 19.2 Å². The Bertz CT molecular complexity index is 961. The predicted octanol–water partition coefficient (Wildman–Crippen LogP) is -3.65. The number of carbonyl (C=O) groups excluding carboxylic acids is 1. The highest BCUT2D eigenvalue weighted by Crippen LogP contribution is 2.33. The van der Waals surface area contributed by atoms with E-state index in [0.717, 1.165) is 11.0 Å². The average molecular weight is 389 g/mol. The molecule has 0 radical (unpaired) electrons. The predicted molar refractivity (Wildman–Crippen MR) is 83.2 cm³/mol. The first-order valence-corrected chi connectivity index (χ1v) is 8.54. The highest BCUT2D eigenvalue weighted by molar-refractivity contribution is 7.84. The third-order valence-electron chi connectivity index (χ3n) is 3.73. The maximum absolute atomic E-state index is 11.6. The number of aromatic nitrogens is 4. The van der Waals surface area contributed by atoms with Crippen LogP contribution in [0.4, 0.5) is 5.82 Å². The van der Waals surface area contributed by atoms with Crippen LogP contribution >= 0.6 is 0 Å². The zero-order valence-electron chi connectivity index (χ0n) is 13.0. The Kier molecular flexibility index (Phi) is 4.51. The largest absolute Gasteiger partial charge is 0.387 e. The molecule has 4 atom stereocenters. The van der Waals surface area contributed by atoms with Gasteiger partial charge in [-0.25, -0.2) is 19.8 Å². The van der Waals surface area contributed by atoms with Crippen molar-refractivity contribution in [3.8, 4) is 0 Å². The fourth-order valence-corrected chi connectivity index (χ4v) is 2.90. The Labute approximate surface area is 145 Å². The lowest BCUT2D eigenvalue weighted by Gasteiger charge is -2.15. The number of aliphatic hydroxyl groups is 2. The van der Waals surface area contributed by atoms with Crippen LogP contribution in [0.15, 0.2) is 6.33 Å². The van der Waals surface area contributed by atoms with Crippen LogP contribution in [0.5, 0.6) is 0 Å². The van der Waals surface area contributed by atoms with Gasteiger partial charge < -0.3 is 26.4 Å². The maximum Gasteiger partial charge on any atom is 0.333 e. The second kappa shape index (κ2) is 6.38. The highest BCUT2D eigenvalue weighted by atomic mass is 32.2. The zero-order chi connectivity index (χ0) is 19.2. The number of carbonyl (C=O) groups is 1. The van der Waals surface area contributed by atoms with Gasteiger partial charge in [0.25, 0.3) is 5.91 Å². The van der Waals surface area contributed by atoms with Crippen molar-refractivity contribution in [2.75, 3.05) is 12.3 Å². The van der Waals surface area contributed by atoms with Crippen LogP contribution in [-0.4, -0.2) is 69.2 Å². The second-order valence-electron chi connectivity index (χ2n) is 5.44. The summed E-state index contributed by atoms with van der Waals surface area (Å²) in [5.74, 6) is -0.991. The summed E-state index contributed by atoms with van der Waals surface area (Å²) in [6.07, 6.45) is -4.56. The number of anilines is 1. The fourth-order valence-electron chi connectivity index (χ4n) is 2.58. The van der Waals surface area contributed by atoms with Crippen LogP contribution in [0, 0.1) is 0 Å². The summed E-state index contributed by atoms with van der Waals surface area (Å²) in [7, 11) is -4.28. The molecule has 2 aromatic heterocycles. The van der Waals surface area contributed by atoms with Gasteiger partial charge in [0.2, 0.25) is 0 Å². The lowest BCUT2D eigenvalue weighted by molar-refractivity contribution is -0.0527. The summed E-state index contributed by atoms with van der Waals surface area (Å²) < 4.78 is 32.5. The van der Waals surface area contributed by atoms with Gasteiger partial charge in [-0.15, -0.1) is 0 Å². The summed E-state index contributed by atoms with van der Waals surface area (Å²) in [6.45, 7) is -0.646. The molecular formula is C11H15N7O7S. The van der Waals surface area contributed by atoms with Crippen LogP contribution in [0.3, 0.4) is 0 Å². The summed E-state index contributed by atoms with van der Waals surface area (Å²) >= 11 is 0. The van der Waals surface area contributed by atoms with Gasteiger partial charge in [0, 0.05) is 0 Å². The molecule has 1 aliphatic rings. The van der Waals surface area contributed by atoms with E-state index in [1.165, 1.54) is 0 Å². The van der Waals surface area contributed by atoms with E-state index >= 15 is 0 Å². The van der Waals surface area contributed by atoms with Gasteiger partial charge in [-0.2, -0.15) is 13.5 Å². The molecule has 0 saturated carbocycles. The number of nitrogens with zero attached hydrogens (tertiary/aromatic N) is 4. The lowest BCUT2D eigenvalue weighted by Crippen LogP contribution is -2.35. The third kappa shape index (κ3) is 3.18. The Balaban J connectivity index is 1.99. The second-order valence-corrected chi connectivity index (χ2v) is 6.66. The van der Waals surface area contributed by atoms with E-state index < -0.39 is 47.4 Å². The zero-order valence-corrected chi connectivity index (χ0v) is 13.8. The van der Waals surface area contributed by atoms with Crippen LogP contribution < -0.4 is 16.6 Å². The van der Waals surface area contributed by atoms with Crippen LogP contribution in [0.25, 0.3) is 11.0 Å². The summed E-state index contributed by atoms with van der Waals surface area (Å²) in [5.41, 5.74) is 10.8.